The van der Waals surface area contributed by atoms with Crippen LogP contribution in [0.2, 0.25) is 0 Å². The summed E-state index contributed by atoms with van der Waals surface area (Å²) in [5.74, 6) is 0.354. The average molecular weight is 316 g/mol. The van der Waals surface area contributed by atoms with Gasteiger partial charge >= 0.3 is 0 Å². The van der Waals surface area contributed by atoms with Crippen molar-refractivity contribution in [3.05, 3.63) is 29.8 Å². The molecule has 0 saturated carbocycles. The highest BCUT2D eigenvalue weighted by atomic mass is 16.2. The minimum Gasteiger partial charge on any atom is -0.342 e. The number of hydrogen-bond acceptors (Lipinski definition) is 2. The zero-order valence-corrected chi connectivity index (χ0v) is 14.5. The van der Waals surface area contributed by atoms with E-state index < -0.39 is 0 Å². The van der Waals surface area contributed by atoms with E-state index in [4.69, 9.17) is 0 Å². The molecule has 1 aliphatic heterocycles. The van der Waals surface area contributed by atoms with Gasteiger partial charge < -0.3 is 10.2 Å². The lowest BCUT2D eigenvalue weighted by molar-refractivity contribution is -0.128. The molecule has 1 fully saturated rings. The SMILES string of the molecule is CCCCN1CC(C(=O)Nc2ccc(C(C)CC)cc2)CC1=O. The molecule has 0 aromatic heterocycles. The first kappa shape index (κ1) is 17.5. The van der Waals surface area contributed by atoms with Gasteiger partial charge in [-0.3, -0.25) is 9.59 Å². The number of anilines is 1. The molecule has 2 atom stereocenters. The summed E-state index contributed by atoms with van der Waals surface area (Å²) in [5.41, 5.74) is 2.09. The van der Waals surface area contributed by atoms with Gasteiger partial charge in [0, 0.05) is 25.2 Å². The van der Waals surface area contributed by atoms with E-state index in [0.717, 1.165) is 31.5 Å². The van der Waals surface area contributed by atoms with Crippen molar-refractivity contribution in [1.29, 1.82) is 0 Å². The van der Waals surface area contributed by atoms with Crippen LogP contribution in [0.5, 0.6) is 0 Å². The molecule has 1 heterocycles. The first-order chi connectivity index (χ1) is 11.0. The van der Waals surface area contributed by atoms with Gasteiger partial charge in [0.1, 0.15) is 0 Å². The van der Waals surface area contributed by atoms with E-state index in [0.29, 0.717) is 18.9 Å². The highest BCUT2D eigenvalue weighted by Gasteiger charge is 2.33. The van der Waals surface area contributed by atoms with Crippen LogP contribution in [-0.2, 0) is 9.59 Å². The van der Waals surface area contributed by atoms with E-state index in [2.05, 4.69) is 38.2 Å². The number of nitrogens with one attached hydrogen (secondary N) is 1. The molecule has 4 heteroatoms. The van der Waals surface area contributed by atoms with Crippen molar-refractivity contribution in [2.75, 3.05) is 18.4 Å². The molecule has 0 aliphatic carbocycles. The second-order valence-corrected chi connectivity index (χ2v) is 6.51. The quantitative estimate of drug-likeness (QED) is 0.832. The number of likely N-dealkylation sites (tertiary alicyclic amines) is 1. The molecule has 23 heavy (non-hydrogen) atoms. The van der Waals surface area contributed by atoms with Crippen molar-refractivity contribution in [2.24, 2.45) is 5.92 Å². The molecule has 0 spiro atoms. The van der Waals surface area contributed by atoms with Crippen molar-refractivity contribution in [2.45, 2.75) is 52.4 Å². The van der Waals surface area contributed by atoms with Crippen LogP contribution >= 0.6 is 0 Å². The Kier molecular flexibility index (Phi) is 6.20. The number of nitrogens with zero attached hydrogens (tertiary/aromatic N) is 1. The van der Waals surface area contributed by atoms with Gasteiger partial charge in [-0.1, -0.05) is 39.3 Å². The van der Waals surface area contributed by atoms with Crippen LogP contribution in [-0.4, -0.2) is 29.8 Å². The fraction of sp³-hybridized carbons (Fsp3) is 0.579. The van der Waals surface area contributed by atoms with Crippen molar-refractivity contribution < 1.29 is 9.59 Å². The number of carbonyl (C=O) groups excluding carboxylic acids is 2. The van der Waals surface area contributed by atoms with Gasteiger partial charge in [-0.05, 0) is 36.5 Å². The lowest BCUT2D eigenvalue weighted by atomic mass is 9.98. The summed E-state index contributed by atoms with van der Waals surface area (Å²) in [5, 5.41) is 2.95. The number of carbonyl (C=O) groups is 2. The number of amides is 2. The van der Waals surface area contributed by atoms with Crippen molar-refractivity contribution >= 4 is 17.5 Å². The Morgan fingerprint density at radius 2 is 2.00 bits per heavy atom. The Balaban J connectivity index is 1.91. The second-order valence-electron chi connectivity index (χ2n) is 6.51. The van der Waals surface area contributed by atoms with Gasteiger partial charge in [0.2, 0.25) is 11.8 Å². The van der Waals surface area contributed by atoms with E-state index >= 15 is 0 Å². The fourth-order valence-corrected chi connectivity index (χ4v) is 2.89. The molecule has 2 amide bonds. The highest BCUT2D eigenvalue weighted by Crippen LogP contribution is 2.23. The molecular weight excluding hydrogens is 288 g/mol. The predicted molar refractivity (Wildman–Crippen MR) is 93.4 cm³/mol. The molecule has 2 rings (SSSR count). The normalized spacial score (nSPS) is 19.0. The first-order valence-corrected chi connectivity index (χ1v) is 8.73. The molecule has 1 saturated heterocycles. The number of benzene rings is 1. The van der Waals surface area contributed by atoms with Gasteiger partial charge in [0.15, 0.2) is 0 Å². The molecule has 2 unspecified atom stereocenters. The number of unbranched alkanes of at least 4 members (excludes halogenated alkanes) is 1. The van der Waals surface area contributed by atoms with Crippen LogP contribution < -0.4 is 5.32 Å². The van der Waals surface area contributed by atoms with E-state index in [1.54, 1.807) is 0 Å². The van der Waals surface area contributed by atoms with Gasteiger partial charge in [-0.15, -0.1) is 0 Å². The molecule has 1 N–H and O–H groups in total. The molecule has 0 bridgehead atoms. The smallest absolute Gasteiger partial charge is 0.229 e. The lowest BCUT2D eigenvalue weighted by Crippen LogP contribution is -2.29. The predicted octanol–water partition coefficient (Wildman–Crippen LogP) is 3.79. The van der Waals surface area contributed by atoms with Crippen LogP contribution in [0, 0.1) is 5.92 Å². The Labute approximate surface area is 139 Å². The molecular formula is C19H28N2O2. The van der Waals surface area contributed by atoms with Crippen LogP contribution in [0.15, 0.2) is 24.3 Å². The summed E-state index contributed by atoms with van der Waals surface area (Å²) in [6.45, 7) is 7.79. The molecule has 1 aromatic rings. The van der Waals surface area contributed by atoms with Crippen LogP contribution in [0.1, 0.15) is 57.9 Å². The van der Waals surface area contributed by atoms with Crippen molar-refractivity contribution in [1.82, 2.24) is 4.90 Å². The summed E-state index contributed by atoms with van der Waals surface area (Å²) >= 11 is 0. The standard InChI is InChI=1S/C19H28N2O2/c1-4-6-11-21-13-16(12-18(21)22)19(23)20-17-9-7-15(8-10-17)14(3)5-2/h7-10,14,16H,4-6,11-13H2,1-3H3,(H,20,23). The van der Waals surface area contributed by atoms with Crippen LogP contribution in [0.25, 0.3) is 0 Å². The lowest BCUT2D eigenvalue weighted by Gasteiger charge is -2.16. The summed E-state index contributed by atoms with van der Waals surface area (Å²) in [6, 6.07) is 8.03. The van der Waals surface area contributed by atoms with E-state index in [1.165, 1.54) is 5.56 Å². The Morgan fingerprint density at radius 1 is 1.30 bits per heavy atom. The summed E-state index contributed by atoms with van der Waals surface area (Å²) < 4.78 is 0. The maximum atomic E-state index is 12.4. The van der Waals surface area contributed by atoms with Gasteiger partial charge in [-0.25, -0.2) is 0 Å². The summed E-state index contributed by atoms with van der Waals surface area (Å²) in [4.78, 5) is 26.1. The summed E-state index contributed by atoms with van der Waals surface area (Å²) in [7, 11) is 0. The van der Waals surface area contributed by atoms with Gasteiger partial charge in [0.05, 0.1) is 5.92 Å². The van der Waals surface area contributed by atoms with Gasteiger partial charge in [0.25, 0.3) is 0 Å². The zero-order valence-electron chi connectivity index (χ0n) is 14.5. The average Bonchev–Trinajstić information content (AvgIpc) is 2.94. The fourth-order valence-electron chi connectivity index (χ4n) is 2.89. The maximum absolute atomic E-state index is 12.4. The molecule has 126 valence electrons. The van der Waals surface area contributed by atoms with E-state index in [-0.39, 0.29) is 17.7 Å². The Morgan fingerprint density at radius 3 is 2.61 bits per heavy atom. The summed E-state index contributed by atoms with van der Waals surface area (Å²) in [6.07, 6.45) is 3.49. The van der Waals surface area contributed by atoms with Crippen LogP contribution in [0.4, 0.5) is 5.69 Å². The number of rotatable bonds is 7. The maximum Gasteiger partial charge on any atom is 0.229 e. The monoisotopic (exact) mass is 316 g/mol. The topological polar surface area (TPSA) is 49.4 Å². The third kappa shape index (κ3) is 4.57. The molecule has 0 radical (unpaired) electrons. The largest absolute Gasteiger partial charge is 0.342 e. The Hall–Kier alpha value is -1.84. The van der Waals surface area contributed by atoms with Crippen molar-refractivity contribution in [3.8, 4) is 0 Å². The van der Waals surface area contributed by atoms with Crippen LogP contribution in [0.3, 0.4) is 0 Å². The van der Waals surface area contributed by atoms with E-state index in [9.17, 15) is 9.59 Å². The third-order valence-electron chi connectivity index (χ3n) is 4.73. The third-order valence-corrected chi connectivity index (χ3v) is 4.73. The Bertz CT molecular complexity index is 539. The minimum absolute atomic E-state index is 0.0476. The zero-order chi connectivity index (χ0) is 16.8. The number of hydrogen-bond donors (Lipinski definition) is 1. The molecule has 1 aromatic carbocycles. The second kappa shape index (κ2) is 8.14. The first-order valence-electron chi connectivity index (χ1n) is 8.73. The minimum atomic E-state index is -0.228. The highest BCUT2D eigenvalue weighted by molar-refractivity contribution is 5.97. The molecule has 4 nitrogen and oxygen atoms in total. The van der Waals surface area contributed by atoms with Gasteiger partial charge in [-0.2, -0.15) is 0 Å². The molecule has 1 aliphatic rings. The van der Waals surface area contributed by atoms with E-state index in [1.807, 2.05) is 17.0 Å². The van der Waals surface area contributed by atoms with Crippen molar-refractivity contribution in [3.63, 3.8) is 0 Å².